The van der Waals surface area contributed by atoms with Gasteiger partial charge in [-0.2, -0.15) is 0 Å². The second kappa shape index (κ2) is 9.33. The van der Waals surface area contributed by atoms with Crippen LogP contribution in [0.5, 0.6) is 0 Å². The zero-order valence-electron chi connectivity index (χ0n) is 15.8. The van der Waals surface area contributed by atoms with Gasteiger partial charge in [-0.3, -0.25) is 9.59 Å². The lowest BCUT2D eigenvalue weighted by atomic mass is 10.1. The Bertz CT molecular complexity index is 759. The Morgan fingerprint density at radius 3 is 2.52 bits per heavy atom. The molecular weight excluding hydrogens is 338 g/mol. The number of nitrogens with zero attached hydrogens (tertiary/aromatic N) is 1. The fourth-order valence-corrected chi connectivity index (χ4v) is 3.32. The first-order valence-electron chi connectivity index (χ1n) is 9.57. The van der Waals surface area contributed by atoms with Crippen LogP contribution in [0.4, 0.5) is 5.69 Å². The molecule has 5 heteroatoms. The molecule has 142 valence electrons. The third-order valence-corrected chi connectivity index (χ3v) is 4.84. The van der Waals surface area contributed by atoms with Crippen LogP contribution in [0.3, 0.4) is 0 Å². The van der Waals surface area contributed by atoms with Crippen molar-refractivity contribution >= 4 is 17.5 Å². The molecule has 0 aromatic heterocycles. The summed E-state index contributed by atoms with van der Waals surface area (Å²) in [5.74, 6) is 0.161. The highest BCUT2D eigenvalue weighted by atomic mass is 16.2. The zero-order chi connectivity index (χ0) is 19.1. The van der Waals surface area contributed by atoms with E-state index in [4.69, 9.17) is 0 Å². The van der Waals surface area contributed by atoms with Gasteiger partial charge >= 0.3 is 0 Å². The van der Waals surface area contributed by atoms with Gasteiger partial charge in [0.1, 0.15) is 6.04 Å². The first-order valence-corrected chi connectivity index (χ1v) is 9.57. The highest BCUT2D eigenvalue weighted by Gasteiger charge is 2.22. The average Bonchev–Trinajstić information content (AvgIpc) is 3.09. The molecule has 5 nitrogen and oxygen atoms in total. The van der Waals surface area contributed by atoms with Gasteiger partial charge < -0.3 is 15.5 Å². The molecule has 1 fully saturated rings. The molecule has 2 N–H and O–H groups in total. The summed E-state index contributed by atoms with van der Waals surface area (Å²) >= 11 is 0. The lowest BCUT2D eigenvalue weighted by Gasteiger charge is -2.20. The van der Waals surface area contributed by atoms with Crippen molar-refractivity contribution < 1.29 is 9.59 Å². The Morgan fingerprint density at radius 1 is 1.11 bits per heavy atom. The summed E-state index contributed by atoms with van der Waals surface area (Å²) in [6.07, 6.45) is 2.45. The van der Waals surface area contributed by atoms with Gasteiger partial charge in [0.2, 0.25) is 11.8 Å². The van der Waals surface area contributed by atoms with Crippen molar-refractivity contribution in [3.05, 3.63) is 65.7 Å². The van der Waals surface area contributed by atoms with E-state index >= 15 is 0 Å². The number of carbonyl (C=O) groups is 2. The van der Waals surface area contributed by atoms with Crippen LogP contribution >= 0.6 is 0 Å². The van der Waals surface area contributed by atoms with Crippen LogP contribution < -0.4 is 10.6 Å². The Kier molecular flexibility index (Phi) is 6.60. The fraction of sp³-hybridized carbons (Fsp3) is 0.364. The summed E-state index contributed by atoms with van der Waals surface area (Å²) in [6, 6.07) is 17.1. The van der Waals surface area contributed by atoms with E-state index < -0.39 is 6.04 Å². The molecule has 1 saturated heterocycles. The maximum absolute atomic E-state index is 12.9. The molecule has 3 rings (SSSR count). The highest BCUT2D eigenvalue weighted by molar-refractivity contribution is 5.95. The van der Waals surface area contributed by atoms with Crippen LogP contribution in [0.25, 0.3) is 0 Å². The van der Waals surface area contributed by atoms with Crippen LogP contribution in [-0.2, 0) is 9.59 Å². The fourth-order valence-electron chi connectivity index (χ4n) is 3.32. The third kappa shape index (κ3) is 5.41. The number of anilines is 1. The van der Waals surface area contributed by atoms with E-state index in [1.54, 1.807) is 0 Å². The number of carbonyl (C=O) groups excluding carboxylic acids is 2. The van der Waals surface area contributed by atoms with Gasteiger partial charge in [-0.05, 0) is 44.0 Å². The van der Waals surface area contributed by atoms with Crippen LogP contribution in [-0.4, -0.2) is 36.3 Å². The molecule has 1 atom stereocenters. The highest BCUT2D eigenvalue weighted by Crippen LogP contribution is 2.17. The summed E-state index contributed by atoms with van der Waals surface area (Å²) in [4.78, 5) is 26.5. The van der Waals surface area contributed by atoms with Gasteiger partial charge in [0, 0.05) is 25.2 Å². The monoisotopic (exact) mass is 365 g/mol. The van der Waals surface area contributed by atoms with E-state index in [9.17, 15) is 9.59 Å². The number of rotatable bonds is 8. The number of nitrogens with one attached hydrogen (secondary N) is 2. The molecule has 0 unspecified atom stereocenters. The SMILES string of the molecule is Cc1ccc(NC(=O)[C@H](NCCCN2CCCC2=O)c2ccccc2)cc1. The van der Waals surface area contributed by atoms with Gasteiger partial charge in [-0.25, -0.2) is 0 Å². The number of benzene rings is 2. The van der Waals surface area contributed by atoms with Crippen molar-refractivity contribution in [3.63, 3.8) is 0 Å². The number of hydrogen-bond donors (Lipinski definition) is 2. The van der Waals surface area contributed by atoms with E-state index in [-0.39, 0.29) is 11.8 Å². The summed E-state index contributed by atoms with van der Waals surface area (Å²) in [5.41, 5.74) is 2.87. The minimum absolute atomic E-state index is 0.0812. The lowest BCUT2D eigenvalue weighted by molar-refractivity contribution is -0.127. The van der Waals surface area contributed by atoms with Crippen molar-refractivity contribution in [2.45, 2.75) is 32.2 Å². The third-order valence-electron chi connectivity index (χ3n) is 4.84. The van der Waals surface area contributed by atoms with Crippen molar-refractivity contribution in [2.24, 2.45) is 0 Å². The van der Waals surface area contributed by atoms with Crippen molar-refractivity contribution in [2.75, 3.05) is 25.0 Å². The van der Waals surface area contributed by atoms with Crippen LogP contribution in [0.1, 0.15) is 36.4 Å². The molecule has 0 saturated carbocycles. The molecule has 0 bridgehead atoms. The summed E-state index contributed by atoms with van der Waals surface area (Å²) in [6.45, 7) is 4.29. The Balaban J connectivity index is 1.59. The number of hydrogen-bond acceptors (Lipinski definition) is 3. The van der Waals surface area contributed by atoms with Gasteiger partial charge in [0.15, 0.2) is 0 Å². The maximum atomic E-state index is 12.9. The smallest absolute Gasteiger partial charge is 0.246 e. The van der Waals surface area contributed by atoms with Gasteiger partial charge in [0.25, 0.3) is 0 Å². The minimum atomic E-state index is -0.429. The molecule has 2 amide bonds. The van der Waals surface area contributed by atoms with Crippen molar-refractivity contribution in [1.82, 2.24) is 10.2 Å². The van der Waals surface area contributed by atoms with Crippen LogP contribution in [0, 0.1) is 6.92 Å². The van der Waals surface area contributed by atoms with Crippen LogP contribution in [0.2, 0.25) is 0 Å². The molecule has 1 aliphatic heterocycles. The molecule has 0 radical (unpaired) electrons. The Labute approximate surface area is 160 Å². The van der Waals surface area contributed by atoms with Gasteiger partial charge in [-0.15, -0.1) is 0 Å². The molecule has 1 heterocycles. The normalized spacial score (nSPS) is 15.0. The average molecular weight is 365 g/mol. The van der Waals surface area contributed by atoms with E-state index in [2.05, 4.69) is 10.6 Å². The Hall–Kier alpha value is -2.66. The maximum Gasteiger partial charge on any atom is 0.246 e. The largest absolute Gasteiger partial charge is 0.343 e. The van der Waals surface area contributed by atoms with Crippen LogP contribution in [0.15, 0.2) is 54.6 Å². The first-order chi connectivity index (χ1) is 13.1. The number of amides is 2. The van der Waals surface area contributed by atoms with Crippen molar-refractivity contribution in [1.29, 1.82) is 0 Å². The zero-order valence-corrected chi connectivity index (χ0v) is 15.8. The number of likely N-dealkylation sites (tertiary alicyclic amines) is 1. The summed E-state index contributed by atoms with van der Waals surface area (Å²) in [7, 11) is 0. The Morgan fingerprint density at radius 2 is 1.85 bits per heavy atom. The lowest BCUT2D eigenvalue weighted by Crippen LogP contribution is -2.35. The van der Waals surface area contributed by atoms with E-state index in [1.165, 1.54) is 0 Å². The second-order valence-corrected chi connectivity index (χ2v) is 6.99. The minimum Gasteiger partial charge on any atom is -0.343 e. The molecule has 27 heavy (non-hydrogen) atoms. The predicted molar refractivity (Wildman–Crippen MR) is 107 cm³/mol. The van der Waals surface area contributed by atoms with E-state index in [0.29, 0.717) is 13.0 Å². The topological polar surface area (TPSA) is 61.4 Å². The number of aryl methyl sites for hydroxylation is 1. The predicted octanol–water partition coefficient (Wildman–Crippen LogP) is 3.28. The molecule has 2 aromatic carbocycles. The summed E-state index contributed by atoms with van der Waals surface area (Å²) < 4.78 is 0. The van der Waals surface area contributed by atoms with Crippen molar-refractivity contribution in [3.8, 4) is 0 Å². The molecule has 2 aromatic rings. The molecule has 1 aliphatic rings. The second-order valence-electron chi connectivity index (χ2n) is 6.99. The summed E-state index contributed by atoms with van der Waals surface area (Å²) in [5, 5.41) is 6.35. The quantitative estimate of drug-likeness (QED) is 0.706. The van der Waals surface area contributed by atoms with Gasteiger partial charge in [-0.1, -0.05) is 48.0 Å². The van der Waals surface area contributed by atoms with Gasteiger partial charge in [0.05, 0.1) is 0 Å². The van der Waals surface area contributed by atoms with E-state index in [1.807, 2.05) is 66.4 Å². The first kappa shape index (κ1) is 19.1. The van der Waals surface area contributed by atoms with E-state index in [0.717, 1.165) is 42.7 Å². The molecule has 0 aliphatic carbocycles. The standard InChI is InChI=1S/C22H27N3O2/c1-17-10-12-19(13-11-17)24-22(27)21(18-7-3-2-4-8-18)23-14-6-16-25-15-5-9-20(25)26/h2-4,7-8,10-13,21,23H,5-6,9,14-16H2,1H3,(H,24,27)/t21-/m1/s1. The molecular formula is C22H27N3O2. The molecule has 0 spiro atoms.